The van der Waals surface area contributed by atoms with E-state index in [9.17, 15) is 0 Å². The van der Waals surface area contributed by atoms with Crippen molar-refractivity contribution in [3.8, 4) is 0 Å². The van der Waals surface area contributed by atoms with E-state index >= 15 is 0 Å². The zero-order valence-corrected chi connectivity index (χ0v) is 14.1. The van der Waals surface area contributed by atoms with E-state index in [4.69, 9.17) is 0 Å². The molecular formula is C20H28N2. The Morgan fingerprint density at radius 1 is 0.909 bits per heavy atom. The highest BCUT2D eigenvalue weighted by molar-refractivity contribution is 5.55. The van der Waals surface area contributed by atoms with E-state index in [1.54, 1.807) is 0 Å². The number of anilines is 2. The van der Waals surface area contributed by atoms with Crippen molar-refractivity contribution in [1.82, 2.24) is 0 Å². The lowest BCUT2D eigenvalue weighted by Crippen LogP contribution is -2.24. The molecule has 0 aliphatic carbocycles. The van der Waals surface area contributed by atoms with Crippen molar-refractivity contribution in [3.63, 3.8) is 0 Å². The van der Waals surface area contributed by atoms with Crippen molar-refractivity contribution in [2.75, 3.05) is 23.3 Å². The summed E-state index contributed by atoms with van der Waals surface area (Å²) in [5, 5.41) is 3.50. The van der Waals surface area contributed by atoms with E-state index in [1.807, 2.05) is 0 Å². The molecule has 0 fully saturated rings. The predicted molar refractivity (Wildman–Crippen MR) is 97.7 cm³/mol. The van der Waals surface area contributed by atoms with E-state index in [1.165, 1.54) is 35.3 Å². The van der Waals surface area contributed by atoms with Crippen LogP contribution < -0.4 is 10.2 Å². The molecule has 0 spiro atoms. The van der Waals surface area contributed by atoms with Gasteiger partial charge in [-0.1, -0.05) is 43.7 Å². The van der Waals surface area contributed by atoms with Crippen LogP contribution in [-0.2, 0) is 6.54 Å². The molecule has 2 aromatic carbocycles. The van der Waals surface area contributed by atoms with Gasteiger partial charge in [0.25, 0.3) is 0 Å². The Morgan fingerprint density at radius 3 is 2.18 bits per heavy atom. The summed E-state index contributed by atoms with van der Waals surface area (Å²) in [6.45, 7) is 9.73. The summed E-state index contributed by atoms with van der Waals surface area (Å²) in [6.07, 6.45) is 2.38. The van der Waals surface area contributed by atoms with Crippen molar-refractivity contribution in [2.24, 2.45) is 0 Å². The third kappa shape index (κ3) is 4.80. The standard InChI is InChI=1S/C20H28N2/c1-4-13-22(14-5-2)20-11-9-19(10-12-20)21-16-18-8-6-7-17(3)15-18/h6-12,15,21H,4-5,13-14,16H2,1-3H3. The van der Waals surface area contributed by atoms with Crippen LogP contribution in [0.3, 0.4) is 0 Å². The van der Waals surface area contributed by atoms with Gasteiger partial charge in [-0.2, -0.15) is 0 Å². The molecule has 0 bridgehead atoms. The molecule has 2 aromatic rings. The van der Waals surface area contributed by atoms with Gasteiger partial charge in [0.05, 0.1) is 0 Å². The maximum atomic E-state index is 3.50. The lowest BCUT2D eigenvalue weighted by molar-refractivity contribution is 0.745. The van der Waals surface area contributed by atoms with Crippen LogP contribution >= 0.6 is 0 Å². The Labute approximate surface area is 135 Å². The number of benzene rings is 2. The van der Waals surface area contributed by atoms with Crippen LogP contribution in [0.1, 0.15) is 37.8 Å². The van der Waals surface area contributed by atoms with Crippen LogP contribution in [0.4, 0.5) is 11.4 Å². The van der Waals surface area contributed by atoms with Gasteiger partial charge in [-0.3, -0.25) is 0 Å². The number of rotatable bonds is 8. The fourth-order valence-electron chi connectivity index (χ4n) is 2.73. The highest BCUT2D eigenvalue weighted by Gasteiger charge is 2.04. The minimum atomic E-state index is 0.870. The van der Waals surface area contributed by atoms with Gasteiger partial charge in [-0.05, 0) is 49.6 Å². The van der Waals surface area contributed by atoms with Gasteiger partial charge in [-0.25, -0.2) is 0 Å². The highest BCUT2D eigenvalue weighted by atomic mass is 15.1. The second-order valence-corrected chi connectivity index (χ2v) is 5.88. The summed E-state index contributed by atoms with van der Waals surface area (Å²) in [6, 6.07) is 17.5. The fraction of sp³-hybridized carbons (Fsp3) is 0.400. The summed E-state index contributed by atoms with van der Waals surface area (Å²) in [5.74, 6) is 0. The average molecular weight is 296 g/mol. The molecule has 2 heteroatoms. The minimum Gasteiger partial charge on any atom is -0.381 e. The zero-order chi connectivity index (χ0) is 15.8. The Morgan fingerprint density at radius 2 is 1.59 bits per heavy atom. The van der Waals surface area contributed by atoms with Crippen LogP contribution in [0.15, 0.2) is 48.5 Å². The SMILES string of the molecule is CCCN(CCC)c1ccc(NCc2cccc(C)c2)cc1. The van der Waals surface area contributed by atoms with Gasteiger partial charge in [0.15, 0.2) is 0 Å². The summed E-state index contributed by atoms with van der Waals surface area (Å²) >= 11 is 0. The van der Waals surface area contributed by atoms with Crippen LogP contribution in [-0.4, -0.2) is 13.1 Å². The quantitative estimate of drug-likeness (QED) is 0.717. The molecule has 0 saturated carbocycles. The normalized spacial score (nSPS) is 10.5. The maximum Gasteiger partial charge on any atom is 0.0400 e. The molecule has 0 saturated heterocycles. The first kappa shape index (κ1) is 16.4. The molecule has 0 atom stereocenters. The van der Waals surface area contributed by atoms with Crippen molar-refractivity contribution in [3.05, 3.63) is 59.7 Å². The van der Waals surface area contributed by atoms with Gasteiger partial charge in [0, 0.05) is 31.0 Å². The van der Waals surface area contributed by atoms with E-state index in [0.717, 1.165) is 19.6 Å². The molecule has 118 valence electrons. The number of hydrogen-bond acceptors (Lipinski definition) is 2. The van der Waals surface area contributed by atoms with E-state index in [2.05, 4.69) is 79.5 Å². The molecule has 2 rings (SSSR count). The topological polar surface area (TPSA) is 15.3 Å². The Bertz CT molecular complexity index is 554. The first-order valence-electron chi connectivity index (χ1n) is 8.37. The predicted octanol–water partition coefficient (Wildman–Crippen LogP) is 5.23. The molecule has 1 N–H and O–H groups in total. The Hall–Kier alpha value is -1.96. The van der Waals surface area contributed by atoms with E-state index < -0.39 is 0 Å². The van der Waals surface area contributed by atoms with Gasteiger partial charge in [0.1, 0.15) is 0 Å². The molecular weight excluding hydrogens is 268 g/mol. The fourth-order valence-corrected chi connectivity index (χ4v) is 2.73. The summed E-state index contributed by atoms with van der Waals surface area (Å²) < 4.78 is 0. The molecule has 0 radical (unpaired) electrons. The lowest BCUT2D eigenvalue weighted by atomic mass is 10.1. The Balaban J connectivity index is 1.96. The average Bonchev–Trinajstić information content (AvgIpc) is 2.53. The van der Waals surface area contributed by atoms with Gasteiger partial charge in [0.2, 0.25) is 0 Å². The highest BCUT2D eigenvalue weighted by Crippen LogP contribution is 2.19. The van der Waals surface area contributed by atoms with Crippen LogP contribution in [0.25, 0.3) is 0 Å². The van der Waals surface area contributed by atoms with Crippen LogP contribution in [0, 0.1) is 6.92 Å². The second-order valence-electron chi connectivity index (χ2n) is 5.88. The first-order chi connectivity index (χ1) is 10.7. The maximum absolute atomic E-state index is 3.50. The molecule has 22 heavy (non-hydrogen) atoms. The van der Waals surface area contributed by atoms with Crippen molar-refractivity contribution >= 4 is 11.4 Å². The molecule has 0 unspecified atom stereocenters. The van der Waals surface area contributed by atoms with Gasteiger partial charge < -0.3 is 10.2 Å². The van der Waals surface area contributed by atoms with Crippen molar-refractivity contribution < 1.29 is 0 Å². The molecule has 0 heterocycles. The van der Waals surface area contributed by atoms with Crippen molar-refractivity contribution in [1.29, 1.82) is 0 Å². The van der Waals surface area contributed by atoms with Crippen LogP contribution in [0.5, 0.6) is 0 Å². The van der Waals surface area contributed by atoms with E-state index in [-0.39, 0.29) is 0 Å². The third-order valence-electron chi connectivity index (χ3n) is 3.80. The second kappa shape index (κ2) is 8.47. The molecule has 0 aliphatic heterocycles. The monoisotopic (exact) mass is 296 g/mol. The molecule has 0 amide bonds. The minimum absolute atomic E-state index is 0.870. The van der Waals surface area contributed by atoms with E-state index in [0.29, 0.717) is 0 Å². The number of hydrogen-bond donors (Lipinski definition) is 1. The third-order valence-corrected chi connectivity index (χ3v) is 3.80. The first-order valence-corrected chi connectivity index (χ1v) is 8.37. The largest absolute Gasteiger partial charge is 0.381 e. The number of nitrogens with one attached hydrogen (secondary N) is 1. The summed E-state index contributed by atoms with van der Waals surface area (Å²) in [5.41, 5.74) is 5.13. The smallest absolute Gasteiger partial charge is 0.0400 e. The number of aryl methyl sites for hydroxylation is 1. The summed E-state index contributed by atoms with van der Waals surface area (Å²) in [7, 11) is 0. The lowest BCUT2D eigenvalue weighted by Gasteiger charge is -2.24. The van der Waals surface area contributed by atoms with Crippen molar-refractivity contribution in [2.45, 2.75) is 40.2 Å². The Kier molecular flexibility index (Phi) is 6.32. The molecule has 0 aromatic heterocycles. The van der Waals surface area contributed by atoms with Crippen LogP contribution in [0.2, 0.25) is 0 Å². The zero-order valence-electron chi connectivity index (χ0n) is 14.1. The number of nitrogens with zero attached hydrogens (tertiary/aromatic N) is 1. The van der Waals surface area contributed by atoms with Gasteiger partial charge in [-0.15, -0.1) is 0 Å². The van der Waals surface area contributed by atoms with Gasteiger partial charge >= 0.3 is 0 Å². The molecule has 0 aliphatic rings. The molecule has 2 nitrogen and oxygen atoms in total. The summed E-state index contributed by atoms with van der Waals surface area (Å²) in [4.78, 5) is 2.46.